The van der Waals surface area contributed by atoms with Gasteiger partial charge in [0, 0.05) is 45.0 Å². The van der Waals surface area contributed by atoms with Gasteiger partial charge in [0.25, 0.3) is 0 Å². The second-order valence-electron chi connectivity index (χ2n) is 7.82. The van der Waals surface area contributed by atoms with Crippen LogP contribution in [0, 0.1) is 0 Å². The average molecular weight is 396 g/mol. The van der Waals surface area contributed by atoms with E-state index >= 15 is 0 Å². The Morgan fingerprint density at radius 3 is 2.71 bits per heavy atom. The lowest BCUT2D eigenvalue weighted by Crippen LogP contribution is -2.52. The van der Waals surface area contributed by atoms with Crippen molar-refractivity contribution in [2.75, 3.05) is 31.1 Å². The fraction of sp³-hybridized carbons (Fsp3) is 0.500. The summed E-state index contributed by atoms with van der Waals surface area (Å²) in [4.78, 5) is 15.1. The van der Waals surface area contributed by atoms with Gasteiger partial charge in [0.2, 0.25) is 5.95 Å². The summed E-state index contributed by atoms with van der Waals surface area (Å²) in [6.07, 6.45) is 5.91. The van der Waals surface area contributed by atoms with Gasteiger partial charge < -0.3 is 4.90 Å². The molecule has 0 radical (unpaired) electrons. The Morgan fingerprint density at radius 2 is 2.04 bits per heavy atom. The summed E-state index contributed by atoms with van der Waals surface area (Å²) >= 11 is 1.56. The zero-order valence-electron chi connectivity index (χ0n) is 16.2. The lowest BCUT2D eigenvalue weighted by molar-refractivity contribution is 0.120. The molecule has 2 fully saturated rings. The Balaban J connectivity index is 1.44. The highest BCUT2D eigenvalue weighted by Crippen LogP contribution is 2.31. The van der Waals surface area contributed by atoms with Crippen molar-refractivity contribution in [2.45, 2.75) is 38.8 Å². The van der Waals surface area contributed by atoms with Gasteiger partial charge in [-0.3, -0.25) is 9.47 Å². The van der Waals surface area contributed by atoms with Gasteiger partial charge in [-0.2, -0.15) is 0 Å². The topological polar surface area (TPSA) is 63.0 Å². The molecule has 0 bridgehead atoms. The first-order valence-electron chi connectivity index (χ1n) is 9.97. The summed E-state index contributed by atoms with van der Waals surface area (Å²) in [5.41, 5.74) is 1.98. The molecule has 0 aromatic carbocycles. The number of allylic oxidation sites excluding steroid dienone is 1. The van der Waals surface area contributed by atoms with E-state index in [1.807, 2.05) is 19.1 Å². The SMILES string of the molecule is C=C(C)Cn1c(-c2nc3cccnc3s2)nnc1N1CCN(C2CCC2)CC1. The fourth-order valence-electron chi connectivity index (χ4n) is 4.01. The van der Waals surface area contributed by atoms with Crippen LogP contribution in [0.15, 0.2) is 30.5 Å². The molecule has 0 N–H and O–H groups in total. The molecule has 4 heterocycles. The summed E-state index contributed by atoms with van der Waals surface area (Å²) in [6, 6.07) is 4.71. The number of aromatic nitrogens is 5. The van der Waals surface area contributed by atoms with Crippen molar-refractivity contribution in [3.8, 4) is 10.8 Å². The number of hydrogen-bond acceptors (Lipinski definition) is 7. The maximum Gasteiger partial charge on any atom is 0.227 e. The van der Waals surface area contributed by atoms with E-state index in [4.69, 9.17) is 4.98 Å². The Kier molecular flexibility index (Phi) is 4.60. The highest BCUT2D eigenvalue weighted by molar-refractivity contribution is 7.21. The predicted molar refractivity (Wildman–Crippen MR) is 113 cm³/mol. The van der Waals surface area contributed by atoms with E-state index < -0.39 is 0 Å². The largest absolute Gasteiger partial charge is 0.338 e. The lowest BCUT2D eigenvalue weighted by Gasteiger charge is -2.43. The third kappa shape index (κ3) is 3.20. The molecule has 1 aliphatic heterocycles. The first-order valence-corrected chi connectivity index (χ1v) is 10.8. The lowest BCUT2D eigenvalue weighted by atomic mass is 9.91. The van der Waals surface area contributed by atoms with Gasteiger partial charge in [-0.05, 0) is 31.9 Å². The minimum atomic E-state index is 0.698. The maximum atomic E-state index is 4.74. The molecule has 28 heavy (non-hydrogen) atoms. The molecule has 1 aliphatic carbocycles. The Hall–Kier alpha value is -2.32. The van der Waals surface area contributed by atoms with Gasteiger partial charge in [-0.15, -0.1) is 10.2 Å². The first kappa shape index (κ1) is 17.8. The van der Waals surface area contributed by atoms with Crippen molar-refractivity contribution in [2.24, 2.45) is 0 Å². The minimum absolute atomic E-state index is 0.698. The molecule has 1 saturated heterocycles. The monoisotopic (exact) mass is 395 g/mol. The zero-order chi connectivity index (χ0) is 19.1. The van der Waals surface area contributed by atoms with Crippen molar-refractivity contribution in [3.05, 3.63) is 30.5 Å². The number of rotatable bonds is 5. The molecule has 5 rings (SSSR count). The van der Waals surface area contributed by atoms with Crippen molar-refractivity contribution in [1.82, 2.24) is 29.6 Å². The molecule has 0 unspecified atom stereocenters. The molecule has 3 aromatic heterocycles. The fourth-order valence-corrected chi connectivity index (χ4v) is 4.91. The zero-order valence-corrected chi connectivity index (χ0v) is 17.0. The van der Waals surface area contributed by atoms with E-state index in [1.165, 1.54) is 19.3 Å². The summed E-state index contributed by atoms with van der Waals surface area (Å²) in [7, 11) is 0. The first-order chi connectivity index (χ1) is 13.7. The van der Waals surface area contributed by atoms with Crippen molar-refractivity contribution >= 4 is 27.6 Å². The Bertz CT molecular complexity index is 962. The Labute approximate surface area is 168 Å². The second kappa shape index (κ2) is 7.25. The predicted octanol–water partition coefficient (Wildman–Crippen LogP) is 3.20. The molecule has 0 spiro atoms. The number of pyridine rings is 1. The van der Waals surface area contributed by atoms with Gasteiger partial charge >= 0.3 is 0 Å². The van der Waals surface area contributed by atoms with E-state index in [9.17, 15) is 0 Å². The van der Waals surface area contributed by atoms with Crippen LogP contribution < -0.4 is 4.90 Å². The molecule has 1 saturated carbocycles. The second-order valence-corrected chi connectivity index (χ2v) is 8.80. The van der Waals surface area contributed by atoms with Crippen LogP contribution in [0.25, 0.3) is 21.2 Å². The number of anilines is 1. The summed E-state index contributed by atoms with van der Waals surface area (Å²) in [5, 5.41) is 9.96. The van der Waals surface area contributed by atoms with Crippen LogP contribution in [0.5, 0.6) is 0 Å². The molecular weight excluding hydrogens is 370 g/mol. The normalized spacial score (nSPS) is 18.5. The van der Waals surface area contributed by atoms with Crippen molar-refractivity contribution in [1.29, 1.82) is 0 Å². The van der Waals surface area contributed by atoms with Crippen LogP contribution >= 0.6 is 11.3 Å². The Morgan fingerprint density at radius 1 is 1.21 bits per heavy atom. The molecule has 7 nitrogen and oxygen atoms in total. The summed E-state index contributed by atoms with van der Waals surface area (Å²) in [6.45, 7) is 11.0. The van der Waals surface area contributed by atoms with E-state index in [1.54, 1.807) is 17.5 Å². The van der Waals surface area contributed by atoms with Crippen LogP contribution in [-0.4, -0.2) is 61.9 Å². The number of hydrogen-bond donors (Lipinski definition) is 0. The van der Waals surface area contributed by atoms with E-state index in [0.717, 1.165) is 64.9 Å². The van der Waals surface area contributed by atoms with Crippen molar-refractivity contribution < 1.29 is 0 Å². The van der Waals surface area contributed by atoms with Gasteiger partial charge in [0.1, 0.15) is 10.3 Å². The highest BCUT2D eigenvalue weighted by atomic mass is 32.1. The van der Waals surface area contributed by atoms with Crippen LogP contribution in [0.3, 0.4) is 0 Å². The smallest absolute Gasteiger partial charge is 0.227 e. The maximum absolute atomic E-state index is 4.74. The third-order valence-electron chi connectivity index (χ3n) is 5.71. The minimum Gasteiger partial charge on any atom is -0.338 e. The molecule has 146 valence electrons. The number of nitrogens with zero attached hydrogens (tertiary/aromatic N) is 7. The average Bonchev–Trinajstić information content (AvgIpc) is 3.24. The number of thiazole rings is 1. The molecule has 0 atom stereocenters. The molecule has 3 aromatic rings. The number of piperazine rings is 1. The summed E-state index contributed by atoms with van der Waals surface area (Å²) < 4.78 is 2.17. The van der Waals surface area contributed by atoms with Gasteiger partial charge in [0.05, 0.1) is 0 Å². The van der Waals surface area contributed by atoms with E-state index in [2.05, 4.69) is 36.1 Å². The molecule has 0 amide bonds. The van der Waals surface area contributed by atoms with E-state index in [-0.39, 0.29) is 0 Å². The standard InChI is InChI=1S/C20H25N7S/c1-14(2)13-27-17(19-22-16-7-4-8-21-18(16)28-19)23-24-20(27)26-11-9-25(10-12-26)15-5-3-6-15/h4,7-8,15H,1,3,5-6,9-13H2,2H3. The van der Waals surface area contributed by atoms with Gasteiger partial charge in [-0.25, -0.2) is 9.97 Å². The van der Waals surface area contributed by atoms with Crippen LogP contribution in [0.1, 0.15) is 26.2 Å². The molecule has 2 aliphatic rings. The quantitative estimate of drug-likeness (QED) is 0.618. The van der Waals surface area contributed by atoms with Crippen LogP contribution in [0.2, 0.25) is 0 Å². The van der Waals surface area contributed by atoms with Crippen molar-refractivity contribution in [3.63, 3.8) is 0 Å². The molecule has 8 heteroatoms. The summed E-state index contributed by atoms with van der Waals surface area (Å²) in [5.74, 6) is 1.74. The molecular formula is C20H25N7S. The van der Waals surface area contributed by atoms with Crippen LogP contribution in [0.4, 0.5) is 5.95 Å². The van der Waals surface area contributed by atoms with Gasteiger partial charge in [0.15, 0.2) is 10.8 Å². The van der Waals surface area contributed by atoms with Crippen LogP contribution in [-0.2, 0) is 6.54 Å². The number of fused-ring (bicyclic) bond motifs is 1. The third-order valence-corrected chi connectivity index (χ3v) is 6.68. The van der Waals surface area contributed by atoms with E-state index in [0.29, 0.717) is 6.54 Å². The van der Waals surface area contributed by atoms with Gasteiger partial charge in [-0.1, -0.05) is 29.9 Å². The highest BCUT2D eigenvalue weighted by Gasteiger charge is 2.30.